The summed E-state index contributed by atoms with van der Waals surface area (Å²) in [6, 6.07) is 3.74. The first-order chi connectivity index (χ1) is 10.2. The second kappa shape index (κ2) is 5.77. The highest BCUT2D eigenvalue weighted by atomic mass is 35.5. The molecule has 1 amide bonds. The molecule has 21 heavy (non-hydrogen) atoms. The lowest BCUT2D eigenvalue weighted by Crippen LogP contribution is -2.07. The van der Waals surface area contributed by atoms with Crippen LogP contribution in [0.2, 0.25) is 5.02 Å². The number of nitrogens with one attached hydrogen (secondary N) is 2. The van der Waals surface area contributed by atoms with Gasteiger partial charge in [0.1, 0.15) is 0 Å². The number of halogens is 1. The molecule has 3 rings (SSSR count). The molecular formula is C15H17ClN4O. The Bertz CT molecular complexity index is 680. The van der Waals surface area contributed by atoms with Gasteiger partial charge in [0.25, 0.3) is 0 Å². The van der Waals surface area contributed by atoms with E-state index >= 15 is 0 Å². The van der Waals surface area contributed by atoms with Gasteiger partial charge >= 0.3 is 0 Å². The van der Waals surface area contributed by atoms with Crippen LogP contribution in [0.15, 0.2) is 24.7 Å². The monoisotopic (exact) mass is 304 g/mol. The Hall–Kier alpha value is -2.01. The molecule has 0 saturated carbocycles. The maximum atomic E-state index is 11.4. The van der Waals surface area contributed by atoms with Crippen molar-refractivity contribution in [1.29, 1.82) is 0 Å². The molecule has 1 aromatic carbocycles. The van der Waals surface area contributed by atoms with E-state index in [1.54, 1.807) is 6.07 Å². The van der Waals surface area contributed by atoms with Crippen LogP contribution in [0.5, 0.6) is 0 Å². The van der Waals surface area contributed by atoms with Gasteiger partial charge < -0.3 is 15.2 Å². The number of hydrogen-bond acceptors (Lipinski definition) is 3. The van der Waals surface area contributed by atoms with Crippen molar-refractivity contribution < 1.29 is 4.79 Å². The Morgan fingerprint density at radius 2 is 2.33 bits per heavy atom. The lowest BCUT2D eigenvalue weighted by atomic mass is 10.1. The van der Waals surface area contributed by atoms with E-state index in [1.807, 2.05) is 18.6 Å². The number of carbonyl (C=O) groups excluding carboxylic acids is 1. The molecule has 0 atom stereocenters. The summed E-state index contributed by atoms with van der Waals surface area (Å²) in [5.74, 6) is 0.0132. The Labute approximate surface area is 128 Å². The molecule has 5 nitrogen and oxygen atoms in total. The molecule has 1 aliphatic rings. The van der Waals surface area contributed by atoms with Gasteiger partial charge in [-0.15, -0.1) is 0 Å². The summed E-state index contributed by atoms with van der Waals surface area (Å²) >= 11 is 6.26. The number of hydrogen-bond donors (Lipinski definition) is 2. The number of aromatic nitrogens is 2. The third kappa shape index (κ3) is 2.88. The van der Waals surface area contributed by atoms with E-state index in [1.165, 1.54) is 0 Å². The Balaban J connectivity index is 1.75. The van der Waals surface area contributed by atoms with Gasteiger partial charge in [-0.05, 0) is 24.1 Å². The molecule has 6 heteroatoms. The average Bonchev–Trinajstić information content (AvgIpc) is 3.02. The van der Waals surface area contributed by atoms with Gasteiger partial charge in [0.15, 0.2) is 0 Å². The van der Waals surface area contributed by atoms with E-state index in [4.69, 9.17) is 11.6 Å². The maximum Gasteiger partial charge on any atom is 0.228 e. The minimum absolute atomic E-state index is 0.0132. The van der Waals surface area contributed by atoms with Crippen LogP contribution >= 0.6 is 11.6 Å². The van der Waals surface area contributed by atoms with Crippen LogP contribution < -0.4 is 10.6 Å². The highest BCUT2D eigenvalue weighted by Crippen LogP contribution is 2.33. The summed E-state index contributed by atoms with van der Waals surface area (Å²) < 4.78 is 2.12. The highest BCUT2D eigenvalue weighted by Gasteiger charge is 2.19. The fourth-order valence-corrected chi connectivity index (χ4v) is 2.74. The van der Waals surface area contributed by atoms with E-state index in [-0.39, 0.29) is 5.91 Å². The van der Waals surface area contributed by atoms with E-state index in [0.717, 1.165) is 35.6 Å². The fourth-order valence-electron chi connectivity index (χ4n) is 2.51. The number of carbonyl (C=O) groups is 1. The highest BCUT2D eigenvalue weighted by molar-refractivity contribution is 6.33. The third-order valence-electron chi connectivity index (χ3n) is 3.54. The lowest BCUT2D eigenvalue weighted by molar-refractivity contribution is -0.115. The topological polar surface area (TPSA) is 59.0 Å². The number of fused-ring (bicyclic) bond motifs is 1. The van der Waals surface area contributed by atoms with Crippen LogP contribution in [-0.4, -0.2) is 15.5 Å². The van der Waals surface area contributed by atoms with Crippen molar-refractivity contribution >= 4 is 28.9 Å². The molecule has 0 unspecified atom stereocenters. The van der Waals surface area contributed by atoms with E-state index in [9.17, 15) is 4.79 Å². The van der Waals surface area contributed by atoms with Crippen LogP contribution in [0.4, 0.5) is 11.4 Å². The second-order valence-corrected chi connectivity index (χ2v) is 5.55. The molecule has 1 aromatic heterocycles. The Morgan fingerprint density at radius 3 is 3.14 bits per heavy atom. The van der Waals surface area contributed by atoms with Crippen molar-refractivity contribution in [2.24, 2.45) is 0 Å². The van der Waals surface area contributed by atoms with Gasteiger partial charge in [-0.1, -0.05) is 18.5 Å². The molecule has 2 N–H and O–H groups in total. The van der Waals surface area contributed by atoms with Crippen LogP contribution in [0, 0.1) is 0 Å². The Morgan fingerprint density at radius 1 is 1.48 bits per heavy atom. The normalized spacial score (nSPS) is 13.1. The molecular weight excluding hydrogens is 288 g/mol. The number of anilines is 2. The average molecular weight is 305 g/mol. The largest absolute Gasteiger partial charge is 0.378 e. The summed E-state index contributed by atoms with van der Waals surface area (Å²) in [6.45, 7) is 3.74. The first-order valence-electron chi connectivity index (χ1n) is 7.02. The standard InChI is InChI=1S/C15H17ClN4O/c1-2-3-20-9-17-7-11(20)8-18-14-4-10-5-15(21)19-13(10)6-12(14)16/h4,6-7,9,18H,2-3,5,8H2,1H3,(H,19,21). The SMILES string of the molecule is CCCn1cncc1CNc1cc2c(cc1Cl)NC(=O)C2. The van der Waals surface area contributed by atoms with Crippen molar-refractivity contribution in [3.05, 3.63) is 40.9 Å². The van der Waals surface area contributed by atoms with E-state index in [2.05, 4.69) is 27.1 Å². The number of nitrogens with zero attached hydrogens (tertiary/aromatic N) is 2. The minimum atomic E-state index is 0.0132. The number of benzene rings is 1. The molecule has 0 bridgehead atoms. The predicted octanol–water partition coefficient (Wildman–Crippen LogP) is 3.05. The zero-order valence-electron chi connectivity index (χ0n) is 11.8. The molecule has 110 valence electrons. The third-order valence-corrected chi connectivity index (χ3v) is 3.85. The second-order valence-electron chi connectivity index (χ2n) is 5.15. The number of aryl methyl sites for hydroxylation is 1. The van der Waals surface area contributed by atoms with E-state index in [0.29, 0.717) is 18.0 Å². The molecule has 2 aromatic rings. The number of rotatable bonds is 5. The summed E-state index contributed by atoms with van der Waals surface area (Å²) in [7, 11) is 0. The predicted molar refractivity (Wildman–Crippen MR) is 83.6 cm³/mol. The van der Waals surface area contributed by atoms with Gasteiger partial charge in [0.2, 0.25) is 5.91 Å². The maximum absolute atomic E-state index is 11.4. The molecule has 1 aliphatic heterocycles. The van der Waals surface area contributed by atoms with Crippen LogP contribution in [0.3, 0.4) is 0 Å². The molecule has 0 saturated heterocycles. The molecule has 2 heterocycles. The van der Waals surface area contributed by atoms with Gasteiger partial charge in [-0.2, -0.15) is 0 Å². The summed E-state index contributed by atoms with van der Waals surface area (Å²) in [6.07, 6.45) is 5.17. The van der Waals surface area contributed by atoms with Gasteiger partial charge in [0.05, 0.1) is 35.7 Å². The smallest absolute Gasteiger partial charge is 0.228 e. The zero-order valence-corrected chi connectivity index (χ0v) is 12.6. The summed E-state index contributed by atoms with van der Waals surface area (Å²) in [5.41, 5.74) is 3.75. The first kappa shape index (κ1) is 13.9. The molecule has 0 fully saturated rings. The molecule has 0 aliphatic carbocycles. The minimum Gasteiger partial charge on any atom is -0.378 e. The lowest BCUT2D eigenvalue weighted by Gasteiger charge is -2.12. The van der Waals surface area contributed by atoms with Gasteiger partial charge in [-0.3, -0.25) is 4.79 Å². The van der Waals surface area contributed by atoms with Crippen LogP contribution in [0.25, 0.3) is 0 Å². The van der Waals surface area contributed by atoms with Crippen molar-refractivity contribution in [3.63, 3.8) is 0 Å². The van der Waals surface area contributed by atoms with Crippen molar-refractivity contribution in [2.45, 2.75) is 32.9 Å². The summed E-state index contributed by atoms with van der Waals surface area (Å²) in [4.78, 5) is 15.6. The van der Waals surface area contributed by atoms with Crippen LogP contribution in [0.1, 0.15) is 24.6 Å². The quantitative estimate of drug-likeness (QED) is 0.892. The van der Waals surface area contributed by atoms with Gasteiger partial charge in [-0.25, -0.2) is 4.98 Å². The van der Waals surface area contributed by atoms with Crippen molar-refractivity contribution in [2.75, 3.05) is 10.6 Å². The molecule has 0 radical (unpaired) electrons. The number of imidazole rings is 1. The van der Waals surface area contributed by atoms with Crippen molar-refractivity contribution in [3.8, 4) is 0 Å². The Kier molecular flexibility index (Phi) is 3.84. The van der Waals surface area contributed by atoms with Crippen LogP contribution in [-0.2, 0) is 24.3 Å². The summed E-state index contributed by atoms with van der Waals surface area (Å²) in [5, 5.41) is 6.73. The van der Waals surface area contributed by atoms with Gasteiger partial charge in [0, 0.05) is 18.4 Å². The first-order valence-corrected chi connectivity index (χ1v) is 7.40. The van der Waals surface area contributed by atoms with Crippen molar-refractivity contribution in [1.82, 2.24) is 9.55 Å². The zero-order chi connectivity index (χ0) is 14.8. The number of amides is 1. The van der Waals surface area contributed by atoms with E-state index < -0.39 is 0 Å². The molecule has 0 spiro atoms. The fraction of sp³-hybridized carbons (Fsp3) is 0.333.